The lowest BCUT2D eigenvalue weighted by atomic mass is 10.3. The fourth-order valence-electron chi connectivity index (χ4n) is 1.70. The van der Waals surface area contributed by atoms with Gasteiger partial charge in [0, 0.05) is 0 Å². The average Bonchev–Trinajstić information content (AvgIpc) is 2.23. The van der Waals surface area contributed by atoms with Crippen LogP contribution in [0.4, 0.5) is 0 Å². The molecule has 0 saturated carbocycles. The van der Waals surface area contributed by atoms with Crippen LogP contribution in [0.3, 0.4) is 0 Å². The van der Waals surface area contributed by atoms with Crippen molar-refractivity contribution >= 4 is 43.1 Å². The van der Waals surface area contributed by atoms with Crippen LogP contribution < -0.4 is 0 Å². The zero-order valence-corrected chi connectivity index (χ0v) is 13.5. The first-order valence-corrected chi connectivity index (χ1v) is 9.37. The lowest BCUT2D eigenvalue weighted by Gasteiger charge is -2.35. The van der Waals surface area contributed by atoms with Crippen molar-refractivity contribution in [2.45, 2.75) is 55.2 Å². The molecule has 0 unspecified atom stereocenters. The molecule has 0 aromatic rings. The highest BCUT2D eigenvalue weighted by Gasteiger charge is 2.39. The van der Waals surface area contributed by atoms with Crippen molar-refractivity contribution in [3.63, 3.8) is 0 Å². The largest absolute Gasteiger partial charge is 0.409 e. The summed E-state index contributed by atoms with van der Waals surface area (Å²) < 4.78 is 4.79. The zero-order chi connectivity index (χ0) is 12.8. The van der Waals surface area contributed by atoms with Gasteiger partial charge in [0.2, 0.25) is 3.79 Å². The van der Waals surface area contributed by atoms with Gasteiger partial charge in [-0.1, -0.05) is 61.7 Å². The Kier molecular flexibility index (Phi) is 7.63. The van der Waals surface area contributed by atoms with Gasteiger partial charge in [0.25, 0.3) is 0 Å². The fourth-order valence-corrected chi connectivity index (χ4v) is 5.20. The maximum atomic E-state index is 6.16. The van der Waals surface area contributed by atoms with Crippen molar-refractivity contribution < 1.29 is 4.43 Å². The van der Waals surface area contributed by atoms with Crippen LogP contribution in [-0.4, -0.2) is 18.2 Å². The van der Waals surface area contributed by atoms with Crippen molar-refractivity contribution in [2.24, 2.45) is 0 Å². The quantitative estimate of drug-likeness (QED) is 0.351. The lowest BCUT2D eigenvalue weighted by Crippen LogP contribution is -2.44. The number of rotatable bonds is 7. The summed E-state index contributed by atoms with van der Waals surface area (Å²) in [7, 11) is -1.73. The number of alkyl halides is 3. The van der Waals surface area contributed by atoms with E-state index in [2.05, 4.69) is 27.4 Å². The number of hydrogen-bond donors (Lipinski definition) is 0. The average molecular weight is 304 g/mol. The van der Waals surface area contributed by atoms with E-state index >= 15 is 0 Å². The van der Waals surface area contributed by atoms with Crippen LogP contribution in [0.15, 0.2) is 12.7 Å². The van der Waals surface area contributed by atoms with Crippen LogP contribution in [0.25, 0.3) is 0 Å². The molecular formula is C11H21Cl3OSi. The van der Waals surface area contributed by atoms with Gasteiger partial charge < -0.3 is 4.43 Å². The fraction of sp³-hybridized carbons (Fsp3) is 0.818. The maximum absolute atomic E-state index is 6.16. The summed E-state index contributed by atoms with van der Waals surface area (Å²) in [6.07, 6.45) is 1.94. The summed E-state index contributed by atoms with van der Waals surface area (Å²) in [6, 6.07) is 3.15. The molecule has 1 nitrogen and oxygen atoms in total. The van der Waals surface area contributed by atoms with Crippen LogP contribution in [0, 0.1) is 0 Å². The molecule has 0 aromatic carbocycles. The Balaban J connectivity index is 4.77. The SMILES string of the molecule is C=CC[C@@H](O[Si](CC)(CC)CC)C(Cl)(Cl)Cl. The summed E-state index contributed by atoms with van der Waals surface area (Å²) in [5.41, 5.74) is 0. The minimum Gasteiger partial charge on any atom is -0.409 e. The molecule has 1 atom stereocenters. The lowest BCUT2D eigenvalue weighted by molar-refractivity contribution is 0.193. The van der Waals surface area contributed by atoms with Crippen molar-refractivity contribution in [3.05, 3.63) is 12.7 Å². The van der Waals surface area contributed by atoms with E-state index in [9.17, 15) is 0 Å². The first-order chi connectivity index (χ1) is 7.35. The molecule has 16 heavy (non-hydrogen) atoms. The molecule has 0 fully saturated rings. The Hall–Kier alpha value is 0.787. The third kappa shape index (κ3) is 4.97. The van der Waals surface area contributed by atoms with E-state index in [1.165, 1.54) is 0 Å². The van der Waals surface area contributed by atoms with Crippen molar-refractivity contribution in [2.75, 3.05) is 0 Å². The van der Waals surface area contributed by atoms with Gasteiger partial charge in [-0.25, -0.2) is 0 Å². The van der Waals surface area contributed by atoms with Crippen LogP contribution in [-0.2, 0) is 4.43 Å². The van der Waals surface area contributed by atoms with E-state index in [0.717, 1.165) is 18.1 Å². The number of halogens is 3. The molecule has 96 valence electrons. The Morgan fingerprint density at radius 2 is 1.62 bits per heavy atom. The van der Waals surface area contributed by atoms with Gasteiger partial charge in [0.15, 0.2) is 8.32 Å². The van der Waals surface area contributed by atoms with Crippen molar-refractivity contribution in [3.8, 4) is 0 Å². The van der Waals surface area contributed by atoms with Gasteiger partial charge in [0.1, 0.15) is 0 Å². The van der Waals surface area contributed by atoms with Crippen LogP contribution in [0.2, 0.25) is 18.1 Å². The monoisotopic (exact) mass is 302 g/mol. The third-order valence-electron chi connectivity index (χ3n) is 3.07. The Morgan fingerprint density at radius 1 is 1.19 bits per heavy atom. The summed E-state index contributed by atoms with van der Waals surface area (Å²) in [5.74, 6) is 0. The highest BCUT2D eigenvalue weighted by Crippen LogP contribution is 2.37. The first-order valence-electron chi connectivity index (χ1n) is 5.70. The van der Waals surface area contributed by atoms with Gasteiger partial charge in [-0.15, -0.1) is 6.58 Å². The summed E-state index contributed by atoms with van der Waals surface area (Å²) in [5, 5.41) is 0. The molecule has 0 heterocycles. The minimum absolute atomic E-state index is 0.374. The molecule has 0 bridgehead atoms. The van der Waals surface area contributed by atoms with E-state index in [0.29, 0.717) is 6.42 Å². The Morgan fingerprint density at radius 3 is 1.88 bits per heavy atom. The van der Waals surface area contributed by atoms with Crippen molar-refractivity contribution in [1.29, 1.82) is 0 Å². The summed E-state index contributed by atoms with van der Waals surface area (Å²) >= 11 is 17.8. The summed E-state index contributed by atoms with van der Waals surface area (Å²) in [4.78, 5) is 0. The second-order valence-electron chi connectivity index (χ2n) is 3.92. The molecule has 0 aliphatic heterocycles. The predicted molar refractivity (Wildman–Crippen MR) is 77.2 cm³/mol. The predicted octanol–water partition coefficient (Wildman–Crippen LogP) is 5.32. The van der Waals surface area contributed by atoms with E-state index < -0.39 is 12.1 Å². The van der Waals surface area contributed by atoms with Gasteiger partial charge in [0.05, 0.1) is 6.10 Å². The summed E-state index contributed by atoms with van der Waals surface area (Å²) in [6.45, 7) is 10.1. The Labute approximate surface area is 115 Å². The van der Waals surface area contributed by atoms with Crippen LogP contribution in [0.1, 0.15) is 27.2 Å². The molecule has 0 amide bonds. The molecular weight excluding hydrogens is 283 g/mol. The number of hydrogen-bond acceptors (Lipinski definition) is 1. The molecule has 0 saturated heterocycles. The highest BCUT2D eigenvalue weighted by atomic mass is 35.6. The van der Waals surface area contributed by atoms with E-state index in [4.69, 9.17) is 39.2 Å². The van der Waals surface area contributed by atoms with Crippen LogP contribution >= 0.6 is 34.8 Å². The molecule has 0 aromatic heterocycles. The normalized spacial score (nSPS) is 14.9. The molecule has 0 aliphatic rings. The smallest absolute Gasteiger partial charge is 0.215 e. The molecule has 0 aliphatic carbocycles. The zero-order valence-electron chi connectivity index (χ0n) is 10.2. The van der Waals surface area contributed by atoms with E-state index in [-0.39, 0.29) is 6.10 Å². The first kappa shape index (κ1) is 16.8. The maximum Gasteiger partial charge on any atom is 0.215 e. The highest BCUT2D eigenvalue weighted by molar-refractivity contribution is 6.74. The van der Waals surface area contributed by atoms with E-state index in [1.807, 2.05) is 0 Å². The minimum atomic E-state index is -1.73. The second-order valence-corrected chi connectivity index (χ2v) is 11.0. The van der Waals surface area contributed by atoms with E-state index in [1.54, 1.807) is 6.08 Å². The van der Waals surface area contributed by atoms with Crippen LogP contribution in [0.5, 0.6) is 0 Å². The molecule has 0 N–H and O–H groups in total. The van der Waals surface area contributed by atoms with Gasteiger partial charge in [-0.2, -0.15) is 0 Å². The van der Waals surface area contributed by atoms with Gasteiger partial charge in [-0.3, -0.25) is 0 Å². The van der Waals surface area contributed by atoms with Crippen molar-refractivity contribution in [1.82, 2.24) is 0 Å². The van der Waals surface area contributed by atoms with Gasteiger partial charge >= 0.3 is 0 Å². The topological polar surface area (TPSA) is 9.23 Å². The molecule has 0 rings (SSSR count). The second kappa shape index (κ2) is 7.27. The molecule has 0 spiro atoms. The van der Waals surface area contributed by atoms with Gasteiger partial charge in [-0.05, 0) is 24.6 Å². The standard InChI is InChI=1S/C11H21Cl3OSi/c1-5-9-10(11(12,13)14)15-16(6-2,7-3)8-4/h5,10H,1,6-9H2,2-4H3/t10-/m1/s1. The molecule has 0 radical (unpaired) electrons. The Bertz CT molecular complexity index is 204. The third-order valence-corrected chi connectivity index (χ3v) is 8.45. The molecule has 5 heteroatoms.